The van der Waals surface area contributed by atoms with Crippen molar-refractivity contribution in [3.05, 3.63) is 50.6 Å². The molecule has 0 radical (unpaired) electrons. The number of carbonyl (C=O) groups excluding carboxylic acids is 1. The minimum atomic E-state index is -0.131. The molecule has 3 nitrogen and oxygen atoms in total. The normalized spacial score (nSPS) is 15.4. The Morgan fingerprint density at radius 1 is 1.18 bits per heavy atom. The van der Waals surface area contributed by atoms with Gasteiger partial charge < -0.3 is 0 Å². The van der Waals surface area contributed by atoms with Crippen LogP contribution >= 0.6 is 22.6 Å². The Morgan fingerprint density at radius 2 is 1.76 bits per heavy atom. The van der Waals surface area contributed by atoms with Crippen LogP contribution in [0.2, 0.25) is 0 Å². The molecule has 1 aromatic rings. The second-order valence-electron chi connectivity index (χ2n) is 3.37. The fraction of sp³-hybridized carbons (Fsp3) is 0. The van der Waals surface area contributed by atoms with Gasteiger partial charge in [-0.15, -0.1) is 0 Å². The summed E-state index contributed by atoms with van der Waals surface area (Å²) in [6, 6.07) is 10.7. The Kier molecular flexibility index (Phi) is 3.08. The highest BCUT2D eigenvalue weighted by atomic mass is 127. The van der Waals surface area contributed by atoms with Gasteiger partial charge in [-0.3, -0.25) is 4.79 Å². The summed E-state index contributed by atoms with van der Waals surface area (Å²) < 4.78 is 1.62. The molecule has 0 spiro atoms. The number of halogens is 1. The van der Waals surface area contributed by atoms with Crippen molar-refractivity contribution in [2.75, 3.05) is 0 Å². The van der Waals surface area contributed by atoms with E-state index in [2.05, 4.69) is 0 Å². The van der Waals surface area contributed by atoms with Crippen LogP contribution in [0.4, 0.5) is 0 Å². The molecule has 4 heteroatoms. The van der Waals surface area contributed by atoms with Crippen molar-refractivity contribution >= 4 is 33.9 Å². The Labute approximate surface area is 112 Å². The van der Waals surface area contributed by atoms with Gasteiger partial charge in [0.05, 0.1) is 0 Å². The highest BCUT2D eigenvalue weighted by Crippen LogP contribution is 2.38. The van der Waals surface area contributed by atoms with Crippen LogP contribution < -0.4 is 0 Å². The van der Waals surface area contributed by atoms with Gasteiger partial charge in [-0.2, -0.15) is 10.5 Å². The Balaban J connectivity index is 2.87. The minimum Gasteiger partial charge on any atom is -0.289 e. The molecule has 0 bridgehead atoms. The summed E-state index contributed by atoms with van der Waals surface area (Å²) in [5.41, 5.74) is 2.06. The molecular formula is C13H5IN2O. The molecule has 0 heterocycles. The number of allylic oxidation sites excluding steroid dienone is 3. The Morgan fingerprint density at radius 3 is 2.29 bits per heavy atom. The third kappa shape index (κ3) is 1.67. The van der Waals surface area contributed by atoms with Gasteiger partial charge >= 0.3 is 0 Å². The molecule has 0 aromatic heterocycles. The second-order valence-corrected chi connectivity index (χ2v) is 3.99. The van der Waals surface area contributed by atoms with E-state index in [1.807, 2.05) is 34.7 Å². The first-order valence-electron chi connectivity index (χ1n) is 4.74. The maximum Gasteiger partial charge on any atom is 0.194 e. The number of hydrogen-bond donors (Lipinski definition) is 0. The van der Waals surface area contributed by atoms with Crippen molar-refractivity contribution in [1.29, 1.82) is 10.5 Å². The van der Waals surface area contributed by atoms with E-state index in [0.717, 1.165) is 0 Å². The number of benzene rings is 1. The summed E-state index contributed by atoms with van der Waals surface area (Å²) in [4.78, 5) is 12.0. The SMILES string of the molecule is N#CC(C#N)=C1/C(=C/I)C(=O)c2ccccc21. The second kappa shape index (κ2) is 4.52. The summed E-state index contributed by atoms with van der Waals surface area (Å²) >= 11 is 1.95. The van der Waals surface area contributed by atoms with E-state index in [0.29, 0.717) is 22.3 Å². The van der Waals surface area contributed by atoms with E-state index < -0.39 is 0 Å². The van der Waals surface area contributed by atoms with E-state index in [-0.39, 0.29) is 11.4 Å². The number of carbonyl (C=O) groups is 1. The third-order valence-corrected chi connectivity index (χ3v) is 3.16. The average Bonchev–Trinajstić information content (AvgIpc) is 2.65. The number of rotatable bonds is 0. The summed E-state index contributed by atoms with van der Waals surface area (Å²) in [6.07, 6.45) is 0. The van der Waals surface area contributed by atoms with Gasteiger partial charge in [0.25, 0.3) is 0 Å². The zero-order valence-electron chi connectivity index (χ0n) is 8.57. The quantitative estimate of drug-likeness (QED) is 0.417. The van der Waals surface area contributed by atoms with Crippen LogP contribution in [0.3, 0.4) is 0 Å². The summed E-state index contributed by atoms with van der Waals surface area (Å²) in [5, 5.41) is 17.9. The lowest BCUT2D eigenvalue weighted by Gasteiger charge is -1.99. The van der Waals surface area contributed by atoms with E-state index in [1.165, 1.54) is 0 Å². The number of Topliss-reactive ketones (excluding diaryl/α,β-unsaturated/α-hetero) is 1. The molecule has 80 valence electrons. The van der Waals surface area contributed by atoms with Crippen LogP contribution in [-0.2, 0) is 0 Å². The first-order chi connectivity index (χ1) is 8.24. The van der Waals surface area contributed by atoms with Gasteiger partial charge in [-0.05, 0) is 9.65 Å². The fourth-order valence-corrected chi connectivity index (χ4v) is 2.41. The molecule has 0 aliphatic heterocycles. The number of ketones is 1. The van der Waals surface area contributed by atoms with Gasteiger partial charge in [-0.1, -0.05) is 46.9 Å². The zero-order chi connectivity index (χ0) is 12.4. The number of hydrogen-bond acceptors (Lipinski definition) is 3. The van der Waals surface area contributed by atoms with Crippen LogP contribution in [0.5, 0.6) is 0 Å². The molecular weight excluding hydrogens is 327 g/mol. The highest BCUT2D eigenvalue weighted by Gasteiger charge is 2.31. The maximum absolute atomic E-state index is 12.0. The molecule has 0 atom stereocenters. The van der Waals surface area contributed by atoms with Crippen LogP contribution in [0.25, 0.3) is 5.57 Å². The number of nitrogens with zero attached hydrogens (tertiary/aromatic N) is 2. The van der Waals surface area contributed by atoms with Gasteiger partial charge in [0.1, 0.15) is 17.7 Å². The maximum atomic E-state index is 12.0. The van der Waals surface area contributed by atoms with Gasteiger partial charge in [-0.25, -0.2) is 0 Å². The minimum absolute atomic E-state index is 0.0220. The van der Waals surface area contributed by atoms with Gasteiger partial charge in [0.15, 0.2) is 5.78 Å². The molecule has 17 heavy (non-hydrogen) atoms. The Bertz CT molecular complexity index is 641. The number of fused-ring (bicyclic) bond motifs is 1. The molecule has 0 unspecified atom stereocenters. The summed E-state index contributed by atoms with van der Waals surface area (Å²) in [7, 11) is 0. The third-order valence-electron chi connectivity index (χ3n) is 2.54. The predicted octanol–water partition coefficient (Wildman–Crippen LogP) is 3.00. The molecule has 2 rings (SSSR count). The topological polar surface area (TPSA) is 64.7 Å². The van der Waals surface area contributed by atoms with Crippen LogP contribution in [0, 0.1) is 22.7 Å². The lowest BCUT2D eigenvalue weighted by atomic mass is 10.0. The lowest BCUT2D eigenvalue weighted by Crippen LogP contribution is -1.94. The van der Waals surface area contributed by atoms with Crippen LogP contribution in [-0.4, -0.2) is 5.78 Å². The van der Waals surface area contributed by atoms with Crippen molar-refractivity contribution in [3.8, 4) is 12.1 Å². The molecule has 0 N–H and O–H groups in total. The van der Waals surface area contributed by atoms with Crippen molar-refractivity contribution < 1.29 is 4.79 Å². The van der Waals surface area contributed by atoms with E-state index in [1.54, 1.807) is 28.3 Å². The van der Waals surface area contributed by atoms with Crippen molar-refractivity contribution in [2.24, 2.45) is 0 Å². The molecule has 0 amide bonds. The smallest absolute Gasteiger partial charge is 0.194 e. The largest absolute Gasteiger partial charge is 0.289 e. The summed E-state index contributed by atoms with van der Waals surface area (Å²) in [6.45, 7) is 0. The standard InChI is InChI=1S/C13H5IN2O/c14-5-11-12(8(6-15)7-16)9-3-1-2-4-10(9)13(11)17/h1-5H/b11-5-. The van der Waals surface area contributed by atoms with Crippen LogP contribution in [0.15, 0.2) is 39.5 Å². The van der Waals surface area contributed by atoms with Crippen molar-refractivity contribution in [2.45, 2.75) is 0 Å². The van der Waals surface area contributed by atoms with E-state index >= 15 is 0 Å². The van der Waals surface area contributed by atoms with Gasteiger partial charge in [0, 0.05) is 16.7 Å². The first-order valence-corrected chi connectivity index (χ1v) is 5.98. The fourth-order valence-electron chi connectivity index (χ4n) is 1.81. The van der Waals surface area contributed by atoms with Gasteiger partial charge in [0.2, 0.25) is 0 Å². The predicted molar refractivity (Wildman–Crippen MR) is 71.0 cm³/mol. The molecule has 1 aromatic carbocycles. The molecule has 0 saturated heterocycles. The van der Waals surface area contributed by atoms with Crippen molar-refractivity contribution in [1.82, 2.24) is 0 Å². The Hall–Kier alpha value is -1.92. The average molecular weight is 332 g/mol. The number of nitriles is 2. The molecule has 1 aliphatic carbocycles. The lowest BCUT2D eigenvalue weighted by molar-refractivity contribution is 0.104. The first kappa shape index (κ1) is 11.6. The van der Waals surface area contributed by atoms with E-state index in [9.17, 15) is 4.79 Å². The van der Waals surface area contributed by atoms with E-state index in [4.69, 9.17) is 10.5 Å². The summed E-state index contributed by atoms with van der Waals surface area (Å²) in [5.74, 6) is -0.131. The molecule has 0 saturated carbocycles. The molecule has 0 fully saturated rings. The highest BCUT2D eigenvalue weighted by molar-refractivity contribution is 14.1. The van der Waals surface area contributed by atoms with Crippen molar-refractivity contribution in [3.63, 3.8) is 0 Å². The molecule has 1 aliphatic rings. The zero-order valence-corrected chi connectivity index (χ0v) is 10.7. The monoisotopic (exact) mass is 332 g/mol. The van der Waals surface area contributed by atoms with Crippen LogP contribution in [0.1, 0.15) is 15.9 Å².